The third kappa shape index (κ3) is 3.57. The second-order valence-electron chi connectivity index (χ2n) is 4.52. The van der Waals surface area contributed by atoms with Gasteiger partial charge in [-0.15, -0.1) is 0 Å². The van der Waals surface area contributed by atoms with E-state index in [4.69, 9.17) is 9.47 Å². The molecule has 0 amide bonds. The van der Waals surface area contributed by atoms with E-state index in [9.17, 15) is 14.9 Å². The quantitative estimate of drug-likeness (QED) is 0.462. The standard InChI is InChI=1S/C16H15NO6/c1-21-13-9-8-12(16(18)22-2)15(14(13)17(19)20)23-10-11-6-4-3-5-7-11/h3-9H,10H2,1-2H3. The van der Waals surface area contributed by atoms with Crippen LogP contribution in [0.4, 0.5) is 5.69 Å². The molecule has 0 radical (unpaired) electrons. The minimum Gasteiger partial charge on any atom is -0.490 e. The zero-order valence-corrected chi connectivity index (χ0v) is 12.6. The molecule has 0 aromatic heterocycles. The van der Waals surface area contributed by atoms with Gasteiger partial charge in [-0.25, -0.2) is 4.79 Å². The maximum Gasteiger partial charge on any atom is 0.353 e. The summed E-state index contributed by atoms with van der Waals surface area (Å²) in [7, 11) is 2.50. The number of carbonyl (C=O) groups is 1. The van der Waals surface area contributed by atoms with E-state index in [2.05, 4.69) is 4.74 Å². The molecule has 2 aromatic rings. The minimum absolute atomic E-state index is 0.00529. The van der Waals surface area contributed by atoms with E-state index in [0.717, 1.165) is 5.56 Å². The molecular weight excluding hydrogens is 302 g/mol. The molecule has 2 aromatic carbocycles. The Hall–Kier alpha value is -3.09. The van der Waals surface area contributed by atoms with Crippen LogP contribution in [0.3, 0.4) is 0 Å². The molecule has 7 heteroatoms. The van der Waals surface area contributed by atoms with E-state index in [1.54, 1.807) is 0 Å². The van der Waals surface area contributed by atoms with Crippen LogP contribution in [0.1, 0.15) is 15.9 Å². The molecule has 0 aliphatic rings. The number of nitrogens with zero attached hydrogens (tertiary/aromatic N) is 1. The summed E-state index contributed by atoms with van der Waals surface area (Å²) in [5, 5.41) is 11.4. The van der Waals surface area contributed by atoms with Crippen molar-refractivity contribution in [2.75, 3.05) is 14.2 Å². The van der Waals surface area contributed by atoms with E-state index in [1.807, 2.05) is 30.3 Å². The van der Waals surface area contributed by atoms with Gasteiger partial charge in [0.15, 0.2) is 0 Å². The molecule has 120 valence electrons. The van der Waals surface area contributed by atoms with Crippen molar-refractivity contribution in [2.24, 2.45) is 0 Å². The first-order valence-corrected chi connectivity index (χ1v) is 6.69. The van der Waals surface area contributed by atoms with E-state index in [0.29, 0.717) is 0 Å². The first kappa shape index (κ1) is 16.3. The number of hydrogen-bond donors (Lipinski definition) is 0. The Kier molecular flexibility index (Phi) is 5.14. The zero-order valence-electron chi connectivity index (χ0n) is 12.6. The van der Waals surface area contributed by atoms with Gasteiger partial charge in [-0.05, 0) is 17.7 Å². The fourth-order valence-electron chi connectivity index (χ4n) is 2.04. The third-order valence-electron chi connectivity index (χ3n) is 3.13. The van der Waals surface area contributed by atoms with Gasteiger partial charge in [0.25, 0.3) is 0 Å². The fraction of sp³-hybridized carbons (Fsp3) is 0.188. The van der Waals surface area contributed by atoms with Crippen LogP contribution < -0.4 is 9.47 Å². The molecule has 7 nitrogen and oxygen atoms in total. The zero-order chi connectivity index (χ0) is 16.8. The smallest absolute Gasteiger partial charge is 0.353 e. The van der Waals surface area contributed by atoms with Crippen molar-refractivity contribution in [3.63, 3.8) is 0 Å². The van der Waals surface area contributed by atoms with Crippen LogP contribution in [-0.4, -0.2) is 25.1 Å². The molecule has 0 spiro atoms. The lowest BCUT2D eigenvalue weighted by Crippen LogP contribution is -2.09. The van der Waals surface area contributed by atoms with E-state index in [-0.39, 0.29) is 23.7 Å². The second kappa shape index (κ2) is 7.26. The summed E-state index contributed by atoms with van der Waals surface area (Å²) < 4.78 is 15.2. The monoisotopic (exact) mass is 317 g/mol. The predicted molar refractivity (Wildman–Crippen MR) is 81.8 cm³/mol. The highest BCUT2D eigenvalue weighted by Gasteiger charge is 2.29. The predicted octanol–water partition coefficient (Wildman–Crippen LogP) is 2.97. The van der Waals surface area contributed by atoms with Gasteiger partial charge in [0.05, 0.1) is 19.1 Å². The van der Waals surface area contributed by atoms with Crippen molar-refractivity contribution in [1.82, 2.24) is 0 Å². The van der Waals surface area contributed by atoms with E-state index >= 15 is 0 Å². The molecule has 0 unspecified atom stereocenters. The lowest BCUT2D eigenvalue weighted by Gasteiger charge is -2.12. The number of nitro benzene ring substituents is 1. The van der Waals surface area contributed by atoms with Crippen LogP contribution >= 0.6 is 0 Å². The number of methoxy groups -OCH3 is 2. The SMILES string of the molecule is COC(=O)c1ccc(OC)c([N+](=O)[O-])c1OCc1ccccc1. The number of esters is 1. The van der Waals surface area contributed by atoms with Crippen molar-refractivity contribution in [3.8, 4) is 11.5 Å². The fourth-order valence-corrected chi connectivity index (χ4v) is 2.04. The molecule has 0 bridgehead atoms. The Labute approximate surface area is 132 Å². The first-order chi connectivity index (χ1) is 11.1. The van der Waals surface area contributed by atoms with E-state index in [1.165, 1.54) is 26.4 Å². The summed E-state index contributed by atoms with van der Waals surface area (Å²) >= 11 is 0. The lowest BCUT2D eigenvalue weighted by atomic mass is 10.1. The molecule has 0 aliphatic carbocycles. The van der Waals surface area contributed by atoms with Crippen LogP contribution in [0, 0.1) is 10.1 Å². The molecule has 0 aliphatic heterocycles. The van der Waals surface area contributed by atoms with Gasteiger partial charge in [-0.1, -0.05) is 30.3 Å². The summed E-state index contributed by atoms with van der Waals surface area (Å²) in [4.78, 5) is 22.6. The normalized spacial score (nSPS) is 10.0. The second-order valence-corrected chi connectivity index (χ2v) is 4.52. The summed E-state index contributed by atoms with van der Waals surface area (Å²) in [6.45, 7) is 0.0683. The van der Waals surface area contributed by atoms with Gasteiger partial charge in [0.2, 0.25) is 11.5 Å². The summed E-state index contributed by atoms with van der Waals surface area (Å²) in [6, 6.07) is 11.8. The van der Waals surface area contributed by atoms with Crippen LogP contribution in [-0.2, 0) is 11.3 Å². The molecule has 0 atom stereocenters. The minimum atomic E-state index is -0.723. The van der Waals surface area contributed by atoms with Crippen molar-refractivity contribution >= 4 is 11.7 Å². The van der Waals surface area contributed by atoms with Gasteiger partial charge in [0.1, 0.15) is 12.2 Å². The Balaban J connectivity index is 2.47. The topological polar surface area (TPSA) is 87.9 Å². The van der Waals surface area contributed by atoms with Crippen molar-refractivity contribution in [1.29, 1.82) is 0 Å². The van der Waals surface area contributed by atoms with Crippen molar-refractivity contribution < 1.29 is 23.9 Å². The van der Waals surface area contributed by atoms with Crippen LogP contribution in [0.2, 0.25) is 0 Å². The number of rotatable bonds is 6. The van der Waals surface area contributed by atoms with Gasteiger partial charge >= 0.3 is 11.7 Å². The number of hydrogen-bond acceptors (Lipinski definition) is 6. The largest absolute Gasteiger partial charge is 0.490 e. The highest BCUT2D eigenvalue weighted by atomic mass is 16.6. The van der Waals surface area contributed by atoms with Crippen molar-refractivity contribution in [2.45, 2.75) is 6.61 Å². The van der Waals surface area contributed by atoms with Gasteiger partial charge < -0.3 is 14.2 Å². The van der Waals surface area contributed by atoms with E-state index < -0.39 is 16.6 Å². The molecule has 23 heavy (non-hydrogen) atoms. The third-order valence-corrected chi connectivity index (χ3v) is 3.13. The maximum absolute atomic E-state index is 11.9. The van der Waals surface area contributed by atoms with Gasteiger partial charge in [-0.2, -0.15) is 0 Å². The van der Waals surface area contributed by atoms with Gasteiger partial charge in [-0.3, -0.25) is 10.1 Å². The highest BCUT2D eigenvalue weighted by molar-refractivity contribution is 5.94. The highest BCUT2D eigenvalue weighted by Crippen LogP contribution is 2.40. The van der Waals surface area contributed by atoms with Gasteiger partial charge in [0, 0.05) is 0 Å². The molecule has 0 heterocycles. The average Bonchev–Trinajstić information content (AvgIpc) is 2.58. The van der Waals surface area contributed by atoms with Crippen LogP contribution in [0.25, 0.3) is 0 Å². The summed E-state index contributed by atoms with van der Waals surface area (Å²) in [5.74, 6) is -0.894. The number of nitro groups is 1. The first-order valence-electron chi connectivity index (χ1n) is 6.69. The van der Waals surface area contributed by atoms with Crippen LogP contribution in [0.15, 0.2) is 42.5 Å². The molecular formula is C16H15NO6. The van der Waals surface area contributed by atoms with Crippen molar-refractivity contribution in [3.05, 3.63) is 63.7 Å². The number of carbonyl (C=O) groups excluding carboxylic acids is 1. The summed E-state index contributed by atoms with van der Waals surface area (Å²) in [6.07, 6.45) is 0. The Morgan fingerprint density at radius 2 is 1.83 bits per heavy atom. The summed E-state index contributed by atoms with van der Waals surface area (Å²) in [5.41, 5.74) is 0.364. The molecule has 0 saturated carbocycles. The number of benzene rings is 2. The number of ether oxygens (including phenoxy) is 3. The molecule has 0 N–H and O–H groups in total. The van der Waals surface area contributed by atoms with Crippen LogP contribution in [0.5, 0.6) is 11.5 Å². The Bertz CT molecular complexity index is 714. The average molecular weight is 317 g/mol. The molecule has 0 saturated heterocycles. The lowest BCUT2D eigenvalue weighted by molar-refractivity contribution is -0.386. The Morgan fingerprint density at radius 3 is 2.39 bits per heavy atom. The maximum atomic E-state index is 11.9. The Morgan fingerprint density at radius 1 is 1.13 bits per heavy atom. The molecule has 0 fully saturated rings. The molecule has 2 rings (SSSR count).